The third-order valence-electron chi connectivity index (χ3n) is 4.36. The summed E-state index contributed by atoms with van der Waals surface area (Å²) in [5.74, 6) is 0.803. The van der Waals surface area contributed by atoms with Crippen LogP contribution >= 0.6 is 11.6 Å². The van der Waals surface area contributed by atoms with Crippen LogP contribution in [0.25, 0.3) is 0 Å². The van der Waals surface area contributed by atoms with Crippen LogP contribution in [0.4, 0.5) is 0 Å². The molecule has 130 valence electrons. The van der Waals surface area contributed by atoms with Crippen molar-refractivity contribution < 1.29 is 14.3 Å². The first-order valence-corrected chi connectivity index (χ1v) is 8.73. The summed E-state index contributed by atoms with van der Waals surface area (Å²) in [6, 6.07) is 12.6. The first-order valence-electron chi connectivity index (χ1n) is 8.35. The summed E-state index contributed by atoms with van der Waals surface area (Å²) in [6.07, 6.45) is 1.86. The number of rotatable bonds is 6. The predicted octanol–water partition coefficient (Wildman–Crippen LogP) is 4.01. The van der Waals surface area contributed by atoms with Crippen molar-refractivity contribution >= 4 is 23.3 Å². The number of hydrogen-bond donors (Lipinski definition) is 0. The van der Waals surface area contributed by atoms with E-state index in [9.17, 15) is 9.59 Å². The van der Waals surface area contributed by atoms with Gasteiger partial charge in [-0.05, 0) is 42.7 Å². The van der Waals surface area contributed by atoms with Gasteiger partial charge in [-0.3, -0.25) is 9.59 Å². The van der Waals surface area contributed by atoms with Gasteiger partial charge < -0.3 is 9.64 Å². The van der Waals surface area contributed by atoms with Crippen molar-refractivity contribution in [3.05, 3.63) is 64.2 Å². The van der Waals surface area contributed by atoms with Gasteiger partial charge in [0.15, 0.2) is 5.78 Å². The molecule has 0 unspecified atom stereocenters. The molecule has 0 aliphatic heterocycles. The van der Waals surface area contributed by atoms with Crippen LogP contribution in [0.5, 0.6) is 5.75 Å². The lowest BCUT2D eigenvalue weighted by molar-refractivity contribution is 0.0786. The van der Waals surface area contributed by atoms with Crippen molar-refractivity contribution in [2.45, 2.75) is 19.3 Å². The van der Waals surface area contributed by atoms with Gasteiger partial charge in [-0.25, -0.2) is 0 Å². The van der Waals surface area contributed by atoms with Gasteiger partial charge in [0.05, 0.1) is 6.61 Å². The summed E-state index contributed by atoms with van der Waals surface area (Å²) in [6.45, 7) is 1.08. The second-order valence-corrected chi connectivity index (χ2v) is 6.58. The average molecular weight is 358 g/mol. The highest BCUT2D eigenvalue weighted by Gasteiger charge is 2.25. The first-order chi connectivity index (χ1) is 12.1. The highest BCUT2D eigenvalue weighted by molar-refractivity contribution is 6.30. The highest BCUT2D eigenvalue weighted by atomic mass is 35.5. The lowest BCUT2D eigenvalue weighted by atomic mass is 10.0. The molecule has 0 saturated carbocycles. The van der Waals surface area contributed by atoms with Crippen LogP contribution in [0.1, 0.15) is 39.1 Å². The van der Waals surface area contributed by atoms with E-state index in [1.165, 1.54) is 0 Å². The quantitative estimate of drug-likeness (QED) is 0.734. The van der Waals surface area contributed by atoms with Gasteiger partial charge in [0.25, 0.3) is 5.91 Å². The van der Waals surface area contributed by atoms with Crippen molar-refractivity contribution in [2.75, 3.05) is 20.2 Å². The molecule has 25 heavy (non-hydrogen) atoms. The molecule has 5 heteroatoms. The summed E-state index contributed by atoms with van der Waals surface area (Å²) in [4.78, 5) is 26.2. The Balaban J connectivity index is 1.54. The Hall–Kier alpha value is -2.33. The van der Waals surface area contributed by atoms with Crippen molar-refractivity contribution in [1.29, 1.82) is 0 Å². The third-order valence-corrected chi connectivity index (χ3v) is 4.59. The van der Waals surface area contributed by atoms with Gasteiger partial charge in [-0.15, -0.1) is 0 Å². The number of nitrogens with zero attached hydrogens (tertiary/aromatic N) is 1. The van der Waals surface area contributed by atoms with E-state index >= 15 is 0 Å². The van der Waals surface area contributed by atoms with Gasteiger partial charge in [0, 0.05) is 36.2 Å². The Labute approximate surface area is 152 Å². The fourth-order valence-electron chi connectivity index (χ4n) is 3.05. The molecule has 0 N–H and O–H groups in total. The molecule has 1 aliphatic carbocycles. The van der Waals surface area contributed by atoms with E-state index in [2.05, 4.69) is 0 Å². The largest absolute Gasteiger partial charge is 0.493 e. The van der Waals surface area contributed by atoms with E-state index in [1.54, 1.807) is 42.3 Å². The summed E-state index contributed by atoms with van der Waals surface area (Å²) < 4.78 is 5.64. The van der Waals surface area contributed by atoms with E-state index in [-0.39, 0.29) is 11.7 Å². The summed E-state index contributed by atoms with van der Waals surface area (Å²) >= 11 is 5.92. The molecule has 2 aromatic carbocycles. The monoisotopic (exact) mass is 357 g/mol. The number of hydrogen-bond acceptors (Lipinski definition) is 3. The minimum atomic E-state index is -0.0469. The fraction of sp³-hybridized carbons (Fsp3) is 0.300. The van der Waals surface area contributed by atoms with Crippen molar-refractivity contribution in [2.24, 2.45) is 0 Å². The second kappa shape index (κ2) is 7.70. The number of Topliss-reactive ketones (excluding diaryl/α,β-unsaturated/α-hetero) is 1. The molecule has 3 rings (SSSR count). The predicted molar refractivity (Wildman–Crippen MR) is 97.6 cm³/mol. The zero-order chi connectivity index (χ0) is 17.8. The Morgan fingerprint density at radius 3 is 2.80 bits per heavy atom. The molecule has 0 bridgehead atoms. The number of carbonyl (C=O) groups excluding carboxylic acids is 2. The van der Waals surface area contributed by atoms with E-state index in [1.807, 2.05) is 12.1 Å². The smallest absolute Gasteiger partial charge is 0.253 e. The summed E-state index contributed by atoms with van der Waals surface area (Å²) in [5.41, 5.74) is 2.23. The number of benzene rings is 2. The maximum absolute atomic E-state index is 12.7. The minimum absolute atomic E-state index is 0.0469. The molecule has 4 nitrogen and oxygen atoms in total. The maximum atomic E-state index is 12.7. The van der Waals surface area contributed by atoms with Gasteiger partial charge >= 0.3 is 0 Å². The molecular formula is C20H20ClNO3. The number of carbonyl (C=O) groups is 2. The van der Waals surface area contributed by atoms with E-state index in [4.69, 9.17) is 16.3 Å². The molecule has 0 aromatic heterocycles. The zero-order valence-corrected chi connectivity index (χ0v) is 14.9. The Morgan fingerprint density at radius 2 is 2.00 bits per heavy atom. The Kier molecular flexibility index (Phi) is 5.39. The van der Waals surface area contributed by atoms with Crippen molar-refractivity contribution in [3.63, 3.8) is 0 Å². The van der Waals surface area contributed by atoms with Crippen LogP contribution in [0.2, 0.25) is 5.02 Å². The number of fused-ring (bicyclic) bond motifs is 1. The number of ketones is 1. The lowest BCUT2D eigenvalue weighted by Crippen LogP contribution is -2.29. The van der Waals surface area contributed by atoms with Gasteiger partial charge in [-0.2, -0.15) is 0 Å². The fourth-order valence-corrected chi connectivity index (χ4v) is 3.23. The second-order valence-electron chi connectivity index (χ2n) is 6.14. The highest BCUT2D eigenvalue weighted by Crippen LogP contribution is 2.26. The van der Waals surface area contributed by atoms with Crippen molar-refractivity contribution in [3.8, 4) is 5.75 Å². The molecule has 0 atom stereocenters. The molecule has 0 heterocycles. The summed E-state index contributed by atoms with van der Waals surface area (Å²) in [7, 11) is 1.78. The lowest BCUT2D eigenvalue weighted by Gasteiger charge is -2.19. The normalized spacial score (nSPS) is 12.8. The molecular weight excluding hydrogens is 338 g/mol. The van der Waals surface area contributed by atoms with Crippen molar-refractivity contribution in [1.82, 2.24) is 4.90 Å². The van der Waals surface area contributed by atoms with E-state index in [0.29, 0.717) is 48.6 Å². The number of halogens is 1. The maximum Gasteiger partial charge on any atom is 0.253 e. The van der Waals surface area contributed by atoms with Gasteiger partial charge in [-0.1, -0.05) is 29.8 Å². The molecule has 0 saturated heterocycles. The SMILES string of the molecule is CN(CCCOc1cccc(Cl)c1)C(=O)c1cccc2c1CCC2=O. The Bertz CT molecular complexity index is 803. The van der Waals surface area contributed by atoms with Crippen LogP contribution in [0.15, 0.2) is 42.5 Å². The van der Waals surface area contributed by atoms with Crippen LogP contribution in [0, 0.1) is 0 Å². The Morgan fingerprint density at radius 1 is 1.20 bits per heavy atom. The molecule has 0 radical (unpaired) electrons. The average Bonchev–Trinajstić information content (AvgIpc) is 2.99. The molecule has 0 fully saturated rings. The van der Waals surface area contributed by atoms with E-state index in [0.717, 1.165) is 11.3 Å². The molecule has 1 aliphatic rings. The van der Waals surface area contributed by atoms with Gasteiger partial charge in [0.2, 0.25) is 0 Å². The van der Waals surface area contributed by atoms with Crippen LogP contribution < -0.4 is 4.74 Å². The van der Waals surface area contributed by atoms with Gasteiger partial charge in [0.1, 0.15) is 5.75 Å². The van der Waals surface area contributed by atoms with E-state index < -0.39 is 0 Å². The van der Waals surface area contributed by atoms with Crippen LogP contribution in [0.3, 0.4) is 0 Å². The molecule has 0 spiro atoms. The number of amides is 1. The standard InChI is InChI=1S/C20H20ClNO3/c1-22(11-4-12-25-15-6-2-5-14(21)13-15)20(24)18-8-3-7-17-16(18)9-10-19(17)23/h2-3,5-8,13H,4,9-12H2,1H3. The summed E-state index contributed by atoms with van der Waals surface area (Å²) in [5, 5.41) is 0.636. The minimum Gasteiger partial charge on any atom is -0.493 e. The zero-order valence-electron chi connectivity index (χ0n) is 14.1. The first kappa shape index (κ1) is 17.5. The third kappa shape index (κ3) is 4.02. The molecule has 2 aromatic rings. The number of ether oxygens (including phenoxy) is 1. The van der Waals surface area contributed by atoms with Crippen LogP contribution in [-0.4, -0.2) is 36.8 Å². The molecule has 1 amide bonds. The topological polar surface area (TPSA) is 46.6 Å². The van der Waals surface area contributed by atoms with Crippen LogP contribution in [-0.2, 0) is 6.42 Å².